The molecule has 0 heterocycles. The fourth-order valence-corrected chi connectivity index (χ4v) is 2.45. The number of nitrogens with one attached hydrogen (secondary N) is 1. The fraction of sp³-hybridized carbons (Fsp3) is 0.625. The quantitative estimate of drug-likeness (QED) is 0.752. The molecule has 1 atom stereocenters. The van der Waals surface area contributed by atoms with E-state index in [4.69, 9.17) is 9.47 Å². The molecule has 0 fully saturated rings. The lowest BCUT2D eigenvalue weighted by molar-refractivity contribution is 0.171. The lowest BCUT2D eigenvalue weighted by atomic mass is 10.1. The average molecular weight is 280 g/mol. The SMILES string of the molecule is CNCc1ccc(N(CCOC)C(C)COC)c(C)c1. The van der Waals surface area contributed by atoms with Gasteiger partial charge in [-0.1, -0.05) is 12.1 Å². The number of ether oxygens (including phenoxy) is 2. The van der Waals surface area contributed by atoms with E-state index >= 15 is 0 Å². The number of aryl methyl sites for hydroxylation is 1. The molecule has 4 nitrogen and oxygen atoms in total. The Morgan fingerprint density at radius 3 is 2.55 bits per heavy atom. The van der Waals surface area contributed by atoms with E-state index in [1.165, 1.54) is 16.8 Å². The lowest BCUT2D eigenvalue weighted by Gasteiger charge is -2.32. The van der Waals surface area contributed by atoms with Crippen LogP contribution in [0.25, 0.3) is 0 Å². The third-order valence-corrected chi connectivity index (χ3v) is 3.43. The Hall–Kier alpha value is -1.10. The minimum absolute atomic E-state index is 0.323. The minimum atomic E-state index is 0.323. The molecule has 0 aliphatic carbocycles. The second kappa shape index (κ2) is 8.95. The van der Waals surface area contributed by atoms with Gasteiger partial charge in [0.05, 0.1) is 13.2 Å². The Morgan fingerprint density at radius 2 is 2.00 bits per heavy atom. The molecule has 0 bridgehead atoms. The molecule has 1 rings (SSSR count). The first kappa shape index (κ1) is 17.0. The average Bonchev–Trinajstić information content (AvgIpc) is 2.42. The third-order valence-electron chi connectivity index (χ3n) is 3.43. The standard InChI is InChI=1S/C16H28N2O2/c1-13-10-15(11-17-3)6-7-16(13)18(8-9-19-4)14(2)12-20-5/h6-7,10,14,17H,8-9,11-12H2,1-5H3. The van der Waals surface area contributed by atoms with Crippen molar-refractivity contribution in [1.29, 1.82) is 0 Å². The van der Waals surface area contributed by atoms with E-state index in [0.29, 0.717) is 19.3 Å². The first-order chi connectivity index (χ1) is 9.63. The molecule has 1 aromatic carbocycles. The lowest BCUT2D eigenvalue weighted by Crippen LogP contribution is -2.39. The fourth-order valence-electron chi connectivity index (χ4n) is 2.45. The van der Waals surface area contributed by atoms with E-state index in [2.05, 4.69) is 42.3 Å². The van der Waals surface area contributed by atoms with Crippen molar-refractivity contribution in [3.05, 3.63) is 29.3 Å². The molecule has 0 saturated carbocycles. The largest absolute Gasteiger partial charge is 0.383 e. The van der Waals surface area contributed by atoms with Gasteiger partial charge in [0.15, 0.2) is 0 Å². The smallest absolute Gasteiger partial charge is 0.0663 e. The third kappa shape index (κ3) is 4.78. The van der Waals surface area contributed by atoms with Crippen LogP contribution in [0.4, 0.5) is 5.69 Å². The van der Waals surface area contributed by atoms with Crippen LogP contribution < -0.4 is 10.2 Å². The van der Waals surface area contributed by atoms with Gasteiger partial charge in [0.2, 0.25) is 0 Å². The van der Waals surface area contributed by atoms with Crippen LogP contribution in [0.15, 0.2) is 18.2 Å². The minimum Gasteiger partial charge on any atom is -0.383 e. The number of rotatable bonds is 9. The highest BCUT2D eigenvalue weighted by Crippen LogP contribution is 2.23. The molecule has 0 aliphatic rings. The van der Waals surface area contributed by atoms with Gasteiger partial charge in [-0.2, -0.15) is 0 Å². The van der Waals surface area contributed by atoms with Gasteiger partial charge in [-0.25, -0.2) is 0 Å². The van der Waals surface area contributed by atoms with Gasteiger partial charge in [0.25, 0.3) is 0 Å². The predicted octanol–water partition coefficient (Wildman–Crippen LogP) is 2.20. The Labute approximate surface area is 123 Å². The maximum atomic E-state index is 5.30. The summed E-state index contributed by atoms with van der Waals surface area (Å²) in [6.07, 6.45) is 0. The molecule has 0 amide bonds. The maximum Gasteiger partial charge on any atom is 0.0663 e. The molecule has 4 heteroatoms. The number of methoxy groups -OCH3 is 2. The van der Waals surface area contributed by atoms with Crippen molar-refractivity contribution >= 4 is 5.69 Å². The van der Waals surface area contributed by atoms with Gasteiger partial charge >= 0.3 is 0 Å². The molecule has 0 radical (unpaired) electrons. The first-order valence-corrected chi connectivity index (χ1v) is 7.12. The molecule has 0 aliphatic heterocycles. The Bertz CT molecular complexity index is 396. The van der Waals surface area contributed by atoms with Crippen LogP contribution in [0.3, 0.4) is 0 Å². The van der Waals surface area contributed by atoms with Crippen LogP contribution in [-0.4, -0.2) is 47.1 Å². The molecule has 1 N–H and O–H groups in total. The van der Waals surface area contributed by atoms with Gasteiger partial charge in [-0.3, -0.25) is 0 Å². The molecule has 0 aromatic heterocycles. The van der Waals surface area contributed by atoms with Crippen LogP contribution in [0.1, 0.15) is 18.1 Å². The highest BCUT2D eigenvalue weighted by atomic mass is 16.5. The Kier molecular flexibility index (Phi) is 7.59. The number of benzene rings is 1. The summed E-state index contributed by atoms with van der Waals surface area (Å²) in [7, 11) is 5.45. The summed E-state index contributed by atoms with van der Waals surface area (Å²) in [5.41, 5.74) is 3.85. The molecule has 114 valence electrons. The Morgan fingerprint density at radius 1 is 1.25 bits per heavy atom. The first-order valence-electron chi connectivity index (χ1n) is 7.12. The topological polar surface area (TPSA) is 33.7 Å². The number of nitrogens with zero attached hydrogens (tertiary/aromatic N) is 1. The van der Waals surface area contributed by atoms with Crippen molar-refractivity contribution in [2.75, 3.05) is 45.9 Å². The van der Waals surface area contributed by atoms with Crippen molar-refractivity contribution in [1.82, 2.24) is 5.32 Å². The summed E-state index contributed by atoms with van der Waals surface area (Å²) in [6.45, 7) is 7.53. The molecular weight excluding hydrogens is 252 g/mol. The molecule has 0 saturated heterocycles. The van der Waals surface area contributed by atoms with Crippen molar-refractivity contribution in [2.24, 2.45) is 0 Å². The highest BCUT2D eigenvalue weighted by molar-refractivity contribution is 5.55. The van der Waals surface area contributed by atoms with Gasteiger partial charge in [0, 0.05) is 39.0 Å². The van der Waals surface area contributed by atoms with Crippen LogP contribution in [0.2, 0.25) is 0 Å². The van der Waals surface area contributed by atoms with Crippen molar-refractivity contribution < 1.29 is 9.47 Å². The zero-order valence-corrected chi connectivity index (χ0v) is 13.4. The van der Waals surface area contributed by atoms with Gasteiger partial charge in [0.1, 0.15) is 0 Å². The van der Waals surface area contributed by atoms with E-state index in [-0.39, 0.29) is 0 Å². The summed E-state index contributed by atoms with van der Waals surface area (Å²) in [5, 5.41) is 3.18. The van der Waals surface area contributed by atoms with Gasteiger partial charge < -0.3 is 19.7 Å². The van der Waals surface area contributed by atoms with Crippen LogP contribution in [-0.2, 0) is 16.0 Å². The number of hydrogen-bond donors (Lipinski definition) is 1. The van der Waals surface area contributed by atoms with E-state index in [9.17, 15) is 0 Å². The number of anilines is 1. The van der Waals surface area contributed by atoms with Crippen molar-refractivity contribution in [3.8, 4) is 0 Å². The van der Waals surface area contributed by atoms with E-state index < -0.39 is 0 Å². The van der Waals surface area contributed by atoms with E-state index in [1.54, 1.807) is 14.2 Å². The molecule has 1 unspecified atom stereocenters. The Balaban J connectivity index is 2.94. The zero-order chi connectivity index (χ0) is 15.0. The summed E-state index contributed by atoms with van der Waals surface area (Å²) in [4.78, 5) is 2.35. The second-order valence-electron chi connectivity index (χ2n) is 5.14. The highest BCUT2D eigenvalue weighted by Gasteiger charge is 2.16. The zero-order valence-electron chi connectivity index (χ0n) is 13.4. The molecule has 0 spiro atoms. The van der Waals surface area contributed by atoms with Crippen LogP contribution >= 0.6 is 0 Å². The van der Waals surface area contributed by atoms with Crippen LogP contribution in [0, 0.1) is 6.92 Å². The van der Waals surface area contributed by atoms with Crippen molar-refractivity contribution in [3.63, 3.8) is 0 Å². The van der Waals surface area contributed by atoms with Gasteiger partial charge in [-0.05, 0) is 38.1 Å². The second-order valence-corrected chi connectivity index (χ2v) is 5.14. The molecule has 20 heavy (non-hydrogen) atoms. The number of hydrogen-bond acceptors (Lipinski definition) is 4. The monoisotopic (exact) mass is 280 g/mol. The predicted molar refractivity (Wildman–Crippen MR) is 84.5 cm³/mol. The van der Waals surface area contributed by atoms with E-state index in [0.717, 1.165) is 13.1 Å². The maximum absolute atomic E-state index is 5.30. The van der Waals surface area contributed by atoms with Gasteiger partial charge in [-0.15, -0.1) is 0 Å². The summed E-state index contributed by atoms with van der Waals surface area (Å²) < 4.78 is 10.5. The summed E-state index contributed by atoms with van der Waals surface area (Å²) in [5.74, 6) is 0. The van der Waals surface area contributed by atoms with Crippen molar-refractivity contribution in [2.45, 2.75) is 26.4 Å². The van der Waals surface area contributed by atoms with E-state index in [1.807, 2.05) is 7.05 Å². The molecule has 1 aromatic rings. The summed E-state index contributed by atoms with van der Waals surface area (Å²) >= 11 is 0. The van der Waals surface area contributed by atoms with Crippen LogP contribution in [0.5, 0.6) is 0 Å². The summed E-state index contributed by atoms with van der Waals surface area (Å²) in [6, 6.07) is 6.94. The normalized spacial score (nSPS) is 12.4. The molecular formula is C16H28N2O2.